The van der Waals surface area contributed by atoms with E-state index in [9.17, 15) is 4.79 Å². The van der Waals surface area contributed by atoms with Gasteiger partial charge in [-0.05, 0) is 61.9 Å². The first-order valence-electron chi connectivity index (χ1n) is 12.7. The van der Waals surface area contributed by atoms with Crippen LogP contribution in [0.4, 0.5) is 0 Å². The zero-order valence-corrected chi connectivity index (χ0v) is 21.3. The smallest absolute Gasteiger partial charge is 0.414 e. The zero-order chi connectivity index (χ0) is 26.6. The minimum atomic E-state index is -1.82. The number of hydrogen-bond acceptors (Lipinski definition) is 6. The number of methoxy groups -OCH3 is 1. The fourth-order valence-corrected chi connectivity index (χ4v) is 4.70. The summed E-state index contributed by atoms with van der Waals surface area (Å²) in [7, 11) is 1.68. The lowest BCUT2D eigenvalue weighted by molar-refractivity contribution is -0.159. The number of carboxylic acids is 2. The molecule has 2 aromatic carbocycles. The van der Waals surface area contributed by atoms with Gasteiger partial charge in [-0.1, -0.05) is 36.4 Å². The normalized spacial score (nSPS) is 17.8. The summed E-state index contributed by atoms with van der Waals surface area (Å²) in [6.45, 7) is 5.12. The molecule has 2 saturated heterocycles. The van der Waals surface area contributed by atoms with E-state index in [4.69, 9.17) is 29.3 Å². The first kappa shape index (κ1) is 28.0. The average molecular weight is 513 g/mol. The molecule has 200 valence electrons. The Kier molecular flexibility index (Phi) is 10.8. The maximum Gasteiger partial charge on any atom is 0.414 e. The standard InChI is InChI=1S/C26H34N2O3.C2H2O4/c1-30-25-17-22(12-13-24(25)31-20-21-9-4-2-5-10-21)18-27-14-8-11-23(19-27)26(29)28-15-6-3-7-16-28;3-1(4)2(5)6/h2,4-5,9-10,12-13,17,23H,3,6-8,11,14-16,18-20H2,1H3;(H,3,4)(H,5,6). The van der Waals surface area contributed by atoms with Crippen molar-refractivity contribution in [2.45, 2.75) is 45.3 Å². The van der Waals surface area contributed by atoms with Gasteiger partial charge in [-0.3, -0.25) is 9.69 Å². The van der Waals surface area contributed by atoms with Gasteiger partial charge in [0.15, 0.2) is 11.5 Å². The molecule has 2 fully saturated rings. The molecule has 0 spiro atoms. The van der Waals surface area contributed by atoms with Gasteiger partial charge in [0, 0.05) is 26.2 Å². The maximum atomic E-state index is 12.9. The number of benzene rings is 2. The Hall–Kier alpha value is -3.59. The monoisotopic (exact) mass is 512 g/mol. The van der Waals surface area contributed by atoms with Gasteiger partial charge in [-0.15, -0.1) is 0 Å². The van der Waals surface area contributed by atoms with E-state index in [-0.39, 0.29) is 5.92 Å². The highest BCUT2D eigenvalue weighted by Gasteiger charge is 2.30. The van der Waals surface area contributed by atoms with Gasteiger partial charge in [-0.25, -0.2) is 9.59 Å². The predicted octanol–water partition coefficient (Wildman–Crippen LogP) is 3.65. The topological polar surface area (TPSA) is 117 Å². The summed E-state index contributed by atoms with van der Waals surface area (Å²) in [5.41, 5.74) is 2.32. The van der Waals surface area contributed by atoms with Crippen LogP contribution in [0.2, 0.25) is 0 Å². The molecular formula is C28H36N2O7. The molecule has 37 heavy (non-hydrogen) atoms. The molecule has 1 atom stereocenters. The Balaban J connectivity index is 0.000000568. The zero-order valence-electron chi connectivity index (χ0n) is 21.3. The molecule has 0 aromatic heterocycles. The van der Waals surface area contributed by atoms with Crippen LogP contribution in [0.1, 0.15) is 43.2 Å². The molecule has 0 saturated carbocycles. The highest BCUT2D eigenvalue weighted by molar-refractivity contribution is 6.27. The number of amides is 1. The van der Waals surface area contributed by atoms with Gasteiger partial charge in [0.2, 0.25) is 5.91 Å². The van der Waals surface area contributed by atoms with Crippen molar-refractivity contribution in [3.63, 3.8) is 0 Å². The SMILES string of the molecule is COc1cc(CN2CCCC(C(=O)N3CCCCC3)C2)ccc1OCc1ccccc1.O=C(O)C(=O)O. The summed E-state index contributed by atoms with van der Waals surface area (Å²) in [5.74, 6) is -1.63. The molecule has 1 unspecified atom stereocenters. The van der Waals surface area contributed by atoms with Crippen LogP contribution in [0.3, 0.4) is 0 Å². The van der Waals surface area contributed by atoms with Gasteiger partial charge >= 0.3 is 11.9 Å². The van der Waals surface area contributed by atoms with Crippen LogP contribution < -0.4 is 9.47 Å². The van der Waals surface area contributed by atoms with Crippen LogP contribution in [-0.4, -0.2) is 71.1 Å². The Labute approximate surface area is 217 Å². The number of piperidine rings is 2. The van der Waals surface area contributed by atoms with Gasteiger partial charge in [-0.2, -0.15) is 0 Å². The molecule has 2 heterocycles. The third kappa shape index (κ3) is 8.78. The van der Waals surface area contributed by atoms with Crippen LogP contribution in [0.25, 0.3) is 0 Å². The van der Waals surface area contributed by atoms with Crippen molar-refractivity contribution in [1.29, 1.82) is 0 Å². The van der Waals surface area contributed by atoms with E-state index in [2.05, 4.69) is 34.1 Å². The molecular weight excluding hydrogens is 476 g/mol. The highest BCUT2D eigenvalue weighted by atomic mass is 16.5. The van der Waals surface area contributed by atoms with Crippen LogP contribution in [-0.2, 0) is 27.5 Å². The summed E-state index contributed by atoms with van der Waals surface area (Å²) in [6.07, 6.45) is 5.66. The average Bonchev–Trinajstić information content (AvgIpc) is 2.93. The van der Waals surface area contributed by atoms with Crippen molar-refractivity contribution in [3.05, 3.63) is 59.7 Å². The van der Waals surface area contributed by atoms with Crippen molar-refractivity contribution in [2.24, 2.45) is 5.92 Å². The Morgan fingerprint density at radius 1 is 0.865 bits per heavy atom. The molecule has 0 aliphatic carbocycles. The quantitative estimate of drug-likeness (QED) is 0.540. The molecule has 9 nitrogen and oxygen atoms in total. The highest BCUT2D eigenvalue weighted by Crippen LogP contribution is 2.30. The van der Waals surface area contributed by atoms with E-state index in [1.54, 1.807) is 7.11 Å². The van der Waals surface area contributed by atoms with Gasteiger partial charge < -0.3 is 24.6 Å². The molecule has 2 aromatic rings. The summed E-state index contributed by atoms with van der Waals surface area (Å²) in [4.78, 5) is 35.7. The van der Waals surface area contributed by atoms with E-state index in [0.29, 0.717) is 12.5 Å². The van der Waals surface area contributed by atoms with E-state index in [0.717, 1.165) is 75.5 Å². The molecule has 2 N–H and O–H groups in total. The number of hydrogen-bond donors (Lipinski definition) is 2. The molecule has 2 aliphatic heterocycles. The van der Waals surface area contributed by atoms with E-state index >= 15 is 0 Å². The Bertz CT molecular complexity index is 1030. The van der Waals surface area contributed by atoms with Crippen LogP contribution in [0.15, 0.2) is 48.5 Å². The number of carboxylic acid groups (broad SMARTS) is 2. The minimum Gasteiger partial charge on any atom is -0.493 e. The minimum absolute atomic E-state index is 0.141. The lowest BCUT2D eigenvalue weighted by Crippen LogP contribution is -2.46. The number of ether oxygens (including phenoxy) is 2. The lowest BCUT2D eigenvalue weighted by atomic mass is 9.95. The first-order chi connectivity index (χ1) is 17.9. The molecule has 9 heteroatoms. The Morgan fingerprint density at radius 3 is 2.22 bits per heavy atom. The summed E-state index contributed by atoms with van der Waals surface area (Å²) in [5, 5.41) is 14.8. The van der Waals surface area contributed by atoms with Crippen LogP contribution in [0, 0.1) is 5.92 Å². The summed E-state index contributed by atoms with van der Waals surface area (Å²) < 4.78 is 11.6. The largest absolute Gasteiger partial charge is 0.493 e. The predicted molar refractivity (Wildman–Crippen MR) is 137 cm³/mol. The number of likely N-dealkylation sites (tertiary alicyclic amines) is 2. The van der Waals surface area contributed by atoms with Crippen LogP contribution in [0.5, 0.6) is 11.5 Å². The fourth-order valence-electron chi connectivity index (χ4n) is 4.70. The third-order valence-corrected chi connectivity index (χ3v) is 6.58. The lowest BCUT2D eigenvalue weighted by Gasteiger charge is -2.36. The fraction of sp³-hybridized carbons (Fsp3) is 0.464. The van der Waals surface area contributed by atoms with Crippen LogP contribution >= 0.6 is 0 Å². The van der Waals surface area contributed by atoms with E-state index in [1.807, 2.05) is 24.3 Å². The molecule has 2 aliphatic rings. The van der Waals surface area contributed by atoms with Crippen molar-refractivity contribution >= 4 is 17.8 Å². The van der Waals surface area contributed by atoms with E-state index < -0.39 is 11.9 Å². The second kappa shape index (κ2) is 14.2. The van der Waals surface area contributed by atoms with Gasteiger partial charge in [0.1, 0.15) is 6.61 Å². The Morgan fingerprint density at radius 2 is 1.57 bits per heavy atom. The first-order valence-corrected chi connectivity index (χ1v) is 12.7. The number of aliphatic carboxylic acids is 2. The van der Waals surface area contributed by atoms with Crippen molar-refractivity contribution in [2.75, 3.05) is 33.3 Å². The molecule has 0 bridgehead atoms. The van der Waals surface area contributed by atoms with Crippen molar-refractivity contribution in [1.82, 2.24) is 9.80 Å². The van der Waals surface area contributed by atoms with Crippen molar-refractivity contribution < 1.29 is 34.1 Å². The third-order valence-electron chi connectivity index (χ3n) is 6.58. The second-order valence-corrected chi connectivity index (χ2v) is 9.33. The summed E-state index contributed by atoms with van der Waals surface area (Å²) >= 11 is 0. The molecule has 1 amide bonds. The maximum absolute atomic E-state index is 12.9. The second-order valence-electron chi connectivity index (χ2n) is 9.33. The number of carbonyl (C=O) groups excluding carboxylic acids is 1. The molecule has 0 radical (unpaired) electrons. The van der Waals surface area contributed by atoms with E-state index in [1.165, 1.54) is 12.0 Å². The number of rotatable bonds is 7. The molecule has 4 rings (SSSR count). The number of nitrogens with zero attached hydrogens (tertiary/aromatic N) is 2. The van der Waals surface area contributed by atoms with Gasteiger partial charge in [0.25, 0.3) is 0 Å². The van der Waals surface area contributed by atoms with Gasteiger partial charge in [0.05, 0.1) is 13.0 Å². The number of carbonyl (C=O) groups is 3. The van der Waals surface area contributed by atoms with Crippen molar-refractivity contribution in [3.8, 4) is 11.5 Å². The summed E-state index contributed by atoms with van der Waals surface area (Å²) in [6, 6.07) is 16.3.